The van der Waals surface area contributed by atoms with Crippen LogP contribution >= 0.6 is 0 Å². The van der Waals surface area contributed by atoms with Crippen molar-refractivity contribution < 1.29 is 4.79 Å². The number of benzene rings is 1. The van der Waals surface area contributed by atoms with E-state index >= 15 is 0 Å². The van der Waals surface area contributed by atoms with Gasteiger partial charge in [-0.3, -0.25) is 4.79 Å². The van der Waals surface area contributed by atoms with Crippen molar-refractivity contribution in [2.24, 2.45) is 7.05 Å². The summed E-state index contributed by atoms with van der Waals surface area (Å²) in [5.74, 6) is 0.831. The molecule has 120 valence electrons. The lowest BCUT2D eigenvalue weighted by molar-refractivity contribution is -0.117. The summed E-state index contributed by atoms with van der Waals surface area (Å²) < 4.78 is 2.09. The molecular weight excluding hydrogens is 286 g/mol. The summed E-state index contributed by atoms with van der Waals surface area (Å²) in [6, 6.07) is 10.2. The number of carbonyl (C=O) groups excluding carboxylic acids is 1. The van der Waals surface area contributed by atoms with Crippen molar-refractivity contribution >= 4 is 5.91 Å². The van der Waals surface area contributed by atoms with Gasteiger partial charge in [-0.25, -0.2) is 4.98 Å². The van der Waals surface area contributed by atoms with Gasteiger partial charge in [-0.05, 0) is 12.5 Å². The minimum Gasteiger partial charge on any atom is -0.347 e. The third-order valence-electron chi connectivity index (χ3n) is 3.74. The number of aromatic nitrogens is 2. The summed E-state index contributed by atoms with van der Waals surface area (Å²) in [6.45, 7) is 9.56. The van der Waals surface area contributed by atoms with Gasteiger partial charge >= 0.3 is 0 Å². The smallest absolute Gasteiger partial charge is 0.246 e. The molecule has 1 amide bonds. The predicted octanol–water partition coefficient (Wildman–Crippen LogP) is 2.93. The second-order valence-corrected chi connectivity index (χ2v) is 5.60. The molecule has 4 nitrogen and oxygen atoms in total. The largest absolute Gasteiger partial charge is 0.347 e. The fraction of sp³-hybridized carbons (Fsp3) is 0.263. The minimum atomic E-state index is -0.148. The number of imidazole rings is 1. The molecule has 1 aromatic heterocycles. The number of allylic oxidation sites excluding steroid dienone is 1. The summed E-state index contributed by atoms with van der Waals surface area (Å²) in [4.78, 5) is 16.4. The third kappa shape index (κ3) is 4.19. The monoisotopic (exact) mass is 309 g/mol. The lowest BCUT2D eigenvalue weighted by Gasteiger charge is -2.06. The summed E-state index contributed by atoms with van der Waals surface area (Å²) in [6.07, 6.45) is 3.33. The first kappa shape index (κ1) is 16.7. The standard InChI is InChI=1S/C19H23N3O/c1-5-9-17-16(13-20-19(23)14(2)3)21-18(22(17)4)12-15-10-7-6-8-11-15/h5-8,10-11H,1-2,9,12-13H2,3-4H3,(H,20,23). The van der Waals surface area contributed by atoms with Crippen LogP contribution in [0.3, 0.4) is 0 Å². The van der Waals surface area contributed by atoms with Crippen LogP contribution in [0.25, 0.3) is 0 Å². The molecule has 1 aromatic carbocycles. The van der Waals surface area contributed by atoms with Gasteiger partial charge in [-0.1, -0.05) is 43.0 Å². The summed E-state index contributed by atoms with van der Waals surface area (Å²) in [5, 5.41) is 2.85. The number of nitrogens with one attached hydrogen (secondary N) is 1. The molecule has 0 saturated heterocycles. The summed E-state index contributed by atoms with van der Waals surface area (Å²) in [5.41, 5.74) is 3.67. The molecular formula is C19H23N3O. The van der Waals surface area contributed by atoms with E-state index in [4.69, 9.17) is 4.98 Å². The molecule has 0 aliphatic heterocycles. The topological polar surface area (TPSA) is 46.9 Å². The summed E-state index contributed by atoms with van der Waals surface area (Å²) >= 11 is 0. The number of nitrogens with zero attached hydrogens (tertiary/aromatic N) is 2. The van der Waals surface area contributed by atoms with Crippen molar-refractivity contribution in [1.82, 2.24) is 14.9 Å². The van der Waals surface area contributed by atoms with Gasteiger partial charge in [0, 0.05) is 31.2 Å². The Hall–Kier alpha value is -2.62. The Morgan fingerprint density at radius 2 is 2.04 bits per heavy atom. The highest BCUT2D eigenvalue weighted by atomic mass is 16.1. The molecule has 2 aromatic rings. The minimum absolute atomic E-state index is 0.148. The molecule has 23 heavy (non-hydrogen) atoms. The van der Waals surface area contributed by atoms with Gasteiger partial charge in [0.25, 0.3) is 0 Å². The maximum absolute atomic E-state index is 11.7. The quantitative estimate of drug-likeness (QED) is 0.631. The first-order valence-electron chi connectivity index (χ1n) is 7.64. The molecule has 0 fully saturated rings. The molecule has 0 spiro atoms. The fourth-order valence-corrected chi connectivity index (χ4v) is 2.43. The molecule has 0 unspecified atom stereocenters. The maximum Gasteiger partial charge on any atom is 0.246 e. The van der Waals surface area contributed by atoms with Gasteiger partial charge in [0.05, 0.1) is 12.2 Å². The van der Waals surface area contributed by atoms with Crippen LogP contribution in [-0.4, -0.2) is 15.5 Å². The zero-order valence-electron chi connectivity index (χ0n) is 13.8. The molecule has 1 N–H and O–H groups in total. The highest BCUT2D eigenvalue weighted by molar-refractivity contribution is 5.91. The Kier molecular flexibility index (Phi) is 5.52. The molecule has 0 atom stereocenters. The average Bonchev–Trinajstić information content (AvgIpc) is 2.83. The van der Waals surface area contributed by atoms with Crippen molar-refractivity contribution in [2.75, 3.05) is 0 Å². The Labute approximate surface area is 137 Å². The fourth-order valence-electron chi connectivity index (χ4n) is 2.43. The lowest BCUT2D eigenvalue weighted by Crippen LogP contribution is -2.23. The van der Waals surface area contributed by atoms with Gasteiger partial charge in [0.15, 0.2) is 0 Å². The molecule has 4 heteroatoms. The molecule has 0 aliphatic rings. The van der Waals surface area contributed by atoms with E-state index in [1.165, 1.54) is 5.56 Å². The van der Waals surface area contributed by atoms with Crippen LogP contribution < -0.4 is 5.32 Å². The summed E-state index contributed by atoms with van der Waals surface area (Å²) in [7, 11) is 2.01. The van der Waals surface area contributed by atoms with Crippen LogP contribution in [-0.2, 0) is 31.2 Å². The van der Waals surface area contributed by atoms with E-state index in [0.29, 0.717) is 12.1 Å². The van der Waals surface area contributed by atoms with E-state index in [0.717, 1.165) is 30.1 Å². The SMILES string of the molecule is C=CCc1c(CNC(=O)C(=C)C)nc(Cc2ccccc2)n1C. The molecule has 2 rings (SSSR count). The van der Waals surface area contributed by atoms with Crippen LogP contribution in [0.2, 0.25) is 0 Å². The zero-order valence-corrected chi connectivity index (χ0v) is 13.8. The number of hydrogen-bond acceptors (Lipinski definition) is 2. The van der Waals surface area contributed by atoms with Crippen molar-refractivity contribution in [2.45, 2.75) is 26.3 Å². The molecule has 0 radical (unpaired) electrons. The van der Waals surface area contributed by atoms with Crippen LogP contribution in [0.1, 0.15) is 29.7 Å². The van der Waals surface area contributed by atoms with E-state index in [2.05, 4.69) is 35.2 Å². The van der Waals surface area contributed by atoms with E-state index < -0.39 is 0 Å². The molecule has 0 saturated carbocycles. The van der Waals surface area contributed by atoms with Crippen molar-refractivity contribution in [3.63, 3.8) is 0 Å². The second kappa shape index (κ2) is 7.58. The normalized spacial score (nSPS) is 10.3. The number of rotatable bonds is 7. The third-order valence-corrected chi connectivity index (χ3v) is 3.74. The van der Waals surface area contributed by atoms with Crippen molar-refractivity contribution in [3.8, 4) is 0 Å². The predicted molar refractivity (Wildman–Crippen MR) is 93.0 cm³/mol. The lowest BCUT2D eigenvalue weighted by atomic mass is 10.1. The van der Waals surface area contributed by atoms with Crippen molar-refractivity contribution in [1.29, 1.82) is 0 Å². The zero-order chi connectivity index (χ0) is 16.8. The van der Waals surface area contributed by atoms with Gasteiger partial charge < -0.3 is 9.88 Å². The molecule has 1 heterocycles. The Morgan fingerprint density at radius 3 is 2.65 bits per heavy atom. The van der Waals surface area contributed by atoms with Gasteiger partial charge in [-0.15, -0.1) is 6.58 Å². The first-order valence-corrected chi connectivity index (χ1v) is 7.64. The molecule has 0 aliphatic carbocycles. The van der Waals surface area contributed by atoms with Crippen LogP contribution in [0.4, 0.5) is 0 Å². The van der Waals surface area contributed by atoms with E-state index in [9.17, 15) is 4.79 Å². The van der Waals surface area contributed by atoms with Gasteiger partial charge in [0.2, 0.25) is 5.91 Å². The first-order chi connectivity index (χ1) is 11.0. The maximum atomic E-state index is 11.7. The van der Waals surface area contributed by atoms with Crippen LogP contribution in [0, 0.1) is 0 Å². The number of amides is 1. The highest BCUT2D eigenvalue weighted by Crippen LogP contribution is 2.15. The Bertz CT molecular complexity index is 714. The second-order valence-electron chi connectivity index (χ2n) is 5.60. The van der Waals surface area contributed by atoms with Crippen LogP contribution in [0.15, 0.2) is 55.1 Å². The number of hydrogen-bond donors (Lipinski definition) is 1. The van der Waals surface area contributed by atoms with Crippen molar-refractivity contribution in [3.05, 3.63) is 77.9 Å². The Balaban J connectivity index is 2.23. The van der Waals surface area contributed by atoms with Gasteiger partial charge in [0.1, 0.15) is 5.82 Å². The highest BCUT2D eigenvalue weighted by Gasteiger charge is 2.14. The Morgan fingerprint density at radius 1 is 1.35 bits per heavy atom. The number of carbonyl (C=O) groups is 1. The van der Waals surface area contributed by atoms with E-state index in [1.54, 1.807) is 6.92 Å². The van der Waals surface area contributed by atoms with Crippen LogP contribution in [0.5, 0.6) is 0 Å². The average molecular weight is 309 g/mol. The van der Waals surface area contributed by atoms with E-state index in [1.807, 2.05) is 31.3 Å². The van der Waals surface area contributed by atoms with E-state index in [-0.39, 0.29) is 5.91 Å². The molecule has 0 bridgehead atoms. The van der Waals surface area contributed by atoms with Gasteiger partial charge in [-0.2, -0.15) is 0 Å².